The highest BCUT2D eigenvalue weighted by Gasteiger charge is 2.34. The predicted molar refractivity (Wildman–Crippen MR) is 83.5 cm³/mol. The first-order valence-electron chi connectivity index (χ1n) is 7.49. The Balaban J connectivity index is 1.56. The molecule has 2 aliphatic carbocycles. The van der Waals surface area contributed by atoms with Crippen LogP contribution in [0.25, 0.3) is 0 Å². The van der Waals surface area contributed by atoms with Crippen LogP contribution in [0, 0.1) is 17.8 Å². The Morgan fingerprint density at radius 2 is 2.00 bits per heavy atom. The van der Waals surface area contributed by atoms with Crippen molar-refractivity contribution in [3.05, 3.63) is 22.4 Å². The maximum Gasteiger partial charge on any atom is 0.0222 e. The van der Waals surface area contributed by atoms with E-state index in [4.69, 9.17) is 0 Å². The van der Waals surface area contributed by atoms with Crippen molar-refractivity contribution in [2.24, 2.45) is 17.8 Å². The molecule has 0 spiro atoms. The third-order valence-electron chi connectivity index (χ3n) is 5.07. The molecule has 2 fully saturated rings. The van der Waals surface area contributed by atoms with E-state index in [2.05, 4.69) is 33.4 Å². The second-order valence-electron chi connectivity index (χ2n) is 6.18. The van der Waals surface area contributed by atoms with Crippen LogP contribution in [0.1, 0.15) is 49.8 Å². The number of fused-ring (bicyclic) bond motifs is 1. The lowest BCUT2D eigenvalue weighted by Crippen LogP contribution is -2.31. The summed E-state index contributed by atoms with van der Waals surface area (Å²) in [4.78, 5) is 2.25. The van der Waals surface area contributed by atoms with E-state index in [0.29, 0.717) is 4.83 Å². The summed E-state index contributed by atoms with van der Waals surface area (Å²) in [6.45, 7) is 0. The van der Waals surface area contributed by atoms with E-state index in [1.54, 1.807) is 4.88 Å². The van der Waals surface area contributed by atoms with E-state index in [1.807, 2.05) is 11.3 Å². The number of hydrogen-bond donors (Lipinski definition) is 0. The first kappa shape index (κ1) is 13.2. The van der Waals surface area contributed by atoms with Gasteiger partial charge in [-0.15, -0.1) is 11.3 Å². The van der Waals surface area contributed by atoms with Crippen molar-refractivity contribution in [3.8, 4) is 0 Å². The summed E-state index contributed by atoms with van der Waals surface area (Å²) >= 11 is 5.89. The van der Waals surface area contributed by atoms with E-state index in [9.17, 15) is 0 Å². The standard InChI is InChI=1S/C16H23BrS/c17-16(11-15-6-3-9-18-15)14-8-7-12-4-1-2-5-13(12)10-14/h3,6,9,12-14,16H,1-2,4-5,7-8,10-11H2. The summed E-state index contributed by atoms with van der Waals surface area (Å²) in [5, 5.41) is 2.20. The number of thiophene rings is 1. The molecule has 0 saturated heterocycles. The van der Waals surface area contributed by atoms with E-state index < -0.39 is 0 Å². The molecule has 1 aromatic heterocycles. The highest BCUT2D eigenvalue weighted by atomic mass is 79.9. The quantitative estimate of drug-likeness (QED) is 0.628. The van der Waals surface area contributed by atoms with Gasteiger partial charge in [0.25, 0.3) is 0 Å². The monoisotopic (exact) mass is 326 g/mol. The zero-order valence-electron chi connectivity index (χ0n) is 11.0. The fourth-order valence-corrected chi connectivity index (χ4v) is 5.83. The zero-order valence-corrected chi connectivity index (χ0v) is 13.4. The molecule has 1 aromatic rings. The predicted octanol–water partition coefficient (Wildman–Crippen LogP) is 5.66. The molecular formula is C16H23BrS. The fraction of sp³-hybridized carbons (Fsp3) is 0.750. The van der Waals surface area contributed by atoms with Crippen molar-refractivity contribution in [2.75, 3.05) is 0 Å². The van der Waals surface area contributed by atoms with Gasteiger partial charge in [-0.05, 0) is 54.9 Å². The molecule has 0 N–H and O–H groups in total. The molecule has 2 heteroatoms. The summed E-state index contributed by atoms with van der Waals surface area (Å²) in [5.41, 5.74) is 0. The molecule has 0 radical (unpaired) electrons. The van der Waals surface area contributed by atoms with Gasteiger partial charge in [-0.25, -0.2) is 0 Å². The molecule has 0 nitrogen and oxygen atoms in total. The van der Waals surface area contributed by atoms with Gasteiger partial charge in [0.2, 0.25) is 0 Å². The van der Waals surface area contributed by atoms with Gasteiger partial charge in [0, 0.05) is 9.70 Å². The van der Waals surface area contributed by atoms with Gasteiger partial charge in [0.1, 0.15) is 0 Å². The molecule has 100 valence electrons. The Labute approximate surface area is 123 Å². The van der Waals surface area contributed by atoms with Gasteiger partial charge in [-0.1, -0.05) is 47.7 Å². The first-order chi connectivity index (χ1) is 8.83. The molecule has 3 rings (SSSR count). The Kier molecular flexibility index (Phi) is 4.46. The van der Waals surface area contributed by atoms with Crippen LogP contribution in [0.15, 0.2) is 17.5 Å². The summed E-state index contributed by atoms with van der Waals surface area (Å²) in [6.07, 6.45) is 11.7. The topological polar surface area (TPSA) is 0 Å². The normalized spacial score (nSPS) is 33.9. The molecule has 1 heterocycles. The number of alkyl halides is 1. The Morgan fingerprint density at radius 1 is 1.17 bits per heavy atom. The molecule has 0 aliphatic heterocycles. The van der Waals surface area contributed by atoms with Crippen molar-refractivity contribution in [3.63, 3.8) is 0 Å². The molecule has 0 bridgehead atoms. The van der Waals surface area contributed by atoms with Crippen LogP contribution in [0.5, 0.6) is 0 Å². The summed E-state index contributed by atoms with van der Waals surface area (Å²) in [6, 6.07) is 4.46. The SMILES string of the molecule is BrC(Cc1cccs1)C1CCC2CCCCC2C1. The number of hydrogen-bond acceptors (Lipinski definition) is 1. The summed E-state index contributed by atoms with van der Waals surface area (Å²) in [5.74, 6) is 3.06. The minimum absolute atomic E-state index is 0.707. The summed E-state index contributed by atoms with van der Waals surface area (Å²) < 4.78 is 0. The largest absolute Gasteiger partial charge is 0.149 e. The average molecular weight is 327 g/mol. The first-order valence-corrected chi connectivity index (χ1v) is 9.29. The summed E-state index contributed by atoms with van der Waals surface area (Å²) in [7, 11) is 0. The highest BCUT2D eigenvalue weighted by Crippen LogP contribution is 2.45. The molecule has 4 unspecified atom stereocenters. The molecule has 2 aliphatic rings. The lowest BCUT2D eigenvalue weighted by atomic mass is 9.67. The van der Waals surface area contributed by atoms with Crippen LogP contribution < -0.4 is 0 Å². The van der Waals surface area contributed by atoms with Gasteiger partial charge < -0.3 is 0 Å². The lowest BCUT2D eigenvalue weighted by Gasteiger charge is -2.40. The van der Waals surface area contributed by atoms with Crippen LogP contribution in [-0.4, -0.2) is 4.83 Å². The zero-order chi connectivity index (χ0) is 12.4. The van der Waals surface area contributed by atoms with E-state index in [1.165, 1.54) is 51.4 Å². The van der Waals surface area contributed by atoms with Crippen LogP contribution in [-0.2, 0) is 6.42 Å². The van der Waals surface area contributed by atoms with E-state index in [0.717, 1.165) is 17.8 Å². The minimum atomic E-state index is 0.707. The Hall–Kier alpha value is 0.180. The smallest absolute Gasteiger partial charge is 0.0222 e. The molecule has 2 saturated carbocycles. The second kappa shape index (κ2) is 6.09. The van der Waals surface area contributed by atoms with Crippen LogP contribution in [0.2, 0.25) is 0 Å². The van der Waals surface area contributed by atoms with Gasteiger partial charge >= 0.3 is 0 Å². The van der Waals surface area contributed by atoms with Gasteiger partial charge in [0.15, 0.2) is 0 Å². The number of halogens is 1. The lowest BCUT2D eigenvalue weighted by molar-refractivity contribution is 0.129. The molecule has 4 atom stereocenters. The maximum atomic E-state index is 3.98. The molecule has 0 amide bonds. The van der Waals surface area contributed by atoms with Crippen LogP contribution >= 0.6 is 27.3 Å². The van der Waals surface area contributed by atoms with Crippen LogP contribution in [0.4, 0.5) is 0 Å². The van der Waals surface area contributed by atoms with Gasteiger partial charge in [-0.3, -0.25) is 0 Å². The molecule has 18 heavy (non-hydrogen) atoms. The van der Waals surface area contributed by atoms with Crippen molar-refractivity contribution in [1.82, 2.24) is 0 Å². The number of rotatable bonds is 3. The second-order valence-corrected chi connectivity index (χ2v) is 8.39. The average Bonchev–Trinajstić information content (AvgIpc) is 2.91. The molecular weight excluding hydrogens is 304 g/mol. The van der Waals surface area contributed by atoms with Gasteiger partial charge in [0.05, 0.1) is 0 Å². The minimum Gasteiger partial charge on any atom is -0.149 e. The van der Waals surface area contributed by atoms with Crippen molar-refractivity contribution in [1.29, 1.82) is 0 Å². The Bertz CT molecular complexity index is 359. The van der Waals surface area contributed by atoms with E-state index in [-0.39, 0.29) is 0 Å². The molecule has 0 aromatic carbocycles. The van der Waals surface area contributed by atoms with Crippen LogP contribution in [0.3, 0.4) is 0 Å². The van der Waals surface area contributed by atoms with Crippen molar-refractivity contribution in [2.45, 2.75) is 56.2 Å². The third kappa shape index (κ3) is 3.01. The van der Waals surface area contributed by atoms with Crippen molar-refractivity contribution < 1.29 is 0 Å². The Morgan fingerprint density at radius 3 is 2.78 bits per heavy atom. The fourth-order valence-electron chi connectivity index (χ4n) is 4.03. The van der Waals surface area contributed by atoms with Gasteiger partial charge in [-0.2, -0.15) is 0 Å². The maximum absolute atomic E-state index is 3.98. The highest BCUT2D eigenvalue weighted by molar-refractivity contribution is 9.09. The van der Waals surface area contributed by atoms with Crippen molar-refractivity contribution >= 4 is 27.3 Å². The third-order valence-corrected chi connectivity index (χ3v) is 7.04. The van der Waals surface area contributed by atoms with E-state index >= 15 is 0 Å².